The fraction of sp³-hybridized carbons (Fsp3) is 0.692. The van der Waals surface area contributed by atoms with E-state index in [0.717, 1.165) is 29.8 Å². The Labute approximate surface area is 102 Å². The molecule has 1 N–H and O–H groups in total. The van der Waals surface area contributed by atoms with Crippen LogP contribution in [0.5, 0.6) is 0 Å². The quantitative estimate of drug-likeness (QED) is 0.840. The van der Waals surface area contributed by atoms with Gasteiger partial charge in [0.15, 0.2) is 0 Å². The van der Waals surface area contributed by atoms with Crippen LogP contribution in [0.4, 0.5) is 5.95 Å². The normalized spacial score (nSPS) is 19.4. The summed E-state index contributed by atoms with van der Waals surface area (Å²) in [4.78, 5) is 11.3. The van der Waals surface area contributed by atoms with Gasteiger partial charge in [0.25, 0.3) is 0 Å². The second-order valence-corrected chi connectivity index (χ2v) is 5.29. The third-order valence-electron chi connectivity index (χ3n) is 3.45. The van der Waals surface area contributed by atoms with E-state index in [-0.39, 0.29) is 6.61 Å². The Morgan fingerprint density at radius 1 is 1.29 bits per heavy atom. The first kappa shape index (κ1) is 11.0. The summed E-state index contributed by atoms with van der Waals surface area (Å²) in [7, 11) is 0. The van der Waals surface area contributed by atoms with Gasteiger partial charge < -0.3 is 10.0 Å². The summed E-state index contributed by atoms with van der Waals surface area (Å²) >= 11 is 0. The highest BCUT2D eigenvalue weighted by molar-refractivity contribution is 5.36. The van der Waals surface area contributed by atoms with Crippen LogP contribution in [-0.4, -0.2) is 27.7 Å². The molecule has 4 heteroatoms. The highest BCUT2D eigenvalue weighted by atomic mass is 16.3. The zero-order valence-electron chi connectivity index (χ0n) is 10.3. The SMILES string of the molecule is Cc1cc(CO)nc(N(CC2CC2)C2CC2)n1. The van der Waals surface area contributed by atoms with Gasteiger partial charge in [-0.1, -0.05) is 0 Å². The van der Waals surface area contributed by atoms with Crippen molar-refractivity contribution in [2.24, 2.45) is 5.92 Å². The van der Waals surface area contributed by atoms with Gasteiger partial charge in [-0.3, -0.25) is 0 Å². The van der Waals surface area contributed by atoms with Crippen LogP contribution < -0.4 is 4.90 Å². The molecule has 4 nitrogen and oxygen atoms in total. The second-order valence-electron chi connectivity index (χ2n) is 5.29. The lowest BCUT2D eigenvalue weighted by atomic mass is 10.3. The van der Waals surface area contributed by atoms with Crippen molar-refractivity contribution in [3.05, 3.63) is 17.5 Å². The average Bonchev–Trinajstić information content (AvgIpc) is 3.16. The molecule has 0 radical (unpaired) electrons. The fourth-order valence-electron chi connectivity index (χ4n) is 2.19. The maximum absolute atomic E-state index is 9.21. The van der Waals surface area contributed by atoms with Gasteiger partial charge >= 0.3 is 0 Å². The van der Waals surface area contributed by atoms with E-state index in [1.165, 1.54) is 25.7 Å². The summed E-state index contributed by atoms with van der Waals surface area (Å²) in [5, 5.41) is 9.21. The Balaban J connectivity index is 1.85. The van der Waals surface area contributed by atoms with Gasteiger partial charge in [0.1, 0.15) is 0 Å². The Hall–Kier alpha value is -1.16. The van der Waals surface area contributed by atoms with Crippen molar-refractivity contribution in [1.82, 2.24) is 9.97 Å². The molecule has 0 spiro atoms. The van der Waals surface area contributed by atoms with Gasteiger partial charge in [0.2, 0.25) is 5.95 Å². The smallest absolute Gasteiger partial charge is 0.226 e. The molecule has 0 aliphatic heterocycles. The standard InChI is InChI=1S/C13H19N3O/c1-9-6-11(8-17)15-13(14-9)16(12-4-5-12)7-10-2-3-10/h6,10,12,17H,2-5,7-8H2,1H3. The van der Waals surface area contributed by atoms with E-state index >= 15 is 0 Å². The minimum absolute atomic E-state index is 0.00169. The second kappa shape index (κ2) is 4.26. The number of hydrogen-bond acceptors (Lipinski definition) is 4. The fourth-order valence-corrected chi connectivity index (χ4v) is 2.19. The summed E-state index contributed by atoms with van der Waals surface area (Å²) in [5.74, 6) is 1.67. The third kappa shape index (κ3) is 2.57. The highest BCUT2D eigenvalue weighted by Crippen LogP contribution is 2.36. The first-order valence-corrected chi connectivity index (χ1v) is 6.48. The molecule has 0 saturated heterocycles. The number of aromatic nitrogens is 2. The van der Waals surface area contributed by atoms with Crippen LogP contribution in [0, 0.1) is 12.8 Å². The topological polar surface area (TPSA) is 49.3 Å². The number of rotatable bonds is 5. The monoisotopic (exact) mass is 233 g/mol. The van der Waals surface area contributed by atoms with Crippen molar-refractivity contribution in [3.63, 3.8) is 0 Å². The number of nitrogens with zero attached hydrogens (tertiary/aromatic N) is 3. The average molecular weight is 233 g/mol. The number of aryl methyl sites for hydroxylation is 1. The van der Waals surface area contributed by atoms with Crippen LogP contribution >= 0.6 is 0 Å². The molecule has 0 amide bonds. The zero-order valence-corrected chi connectivity index (χ0v) is 10.3. The van der Waals surface area contributed by atoms with E-state index in [1.54, 1.807) is 0 Å². The van der Waals surface area contributed by atoms with Crippen LogP contribution in [0.1, 0.15) is 37.1 Å². The largest absolute Gasteiger partial charge is 0.390 e. The van der Waals surface area contributed by atoms with Gasteiger partial charge in [0, 0.05) is 18.3 Å². The van der Waals surface area contributed by atoms with Crippen molar-refractivity contribution in [2.45, 2.75) is 45.3 Å². The molecule has 0 atom stereocenters. The Morgan fingerprint density at radius 3 is 2.65 bits per heavy atom. The molecule has 2 saturated carbocycles. The summed E-state index contributed by atoms with van der Waals surface area (Å²) in [6.45, 7) is 3.06. The molecule has 2 aliphatic carbocycles. The first-order chi connectivity index (χ1) is 8.26. The molecular formula is C13H19N3O. The van der Waals surface area contributed by atoms with Crippen molar-refractivity contribution < 1.29 is 5.11 Å². The van der Waals surface area contributed by atoms with Crippen molar-refractivity contribution >= 4 is 5.95 Å². The van der Waals surface area contributed by atoms with Crippen molar-refractivity contribution in [2.75, 3.05) is 11.4 Å². The van der Waals surface area contributed by atoms with E-state index < -0.39 is 0 Å². The number of aliphatic hydroxyl groups excluding tert-OH is 1. The van der Waals surface area contributed by atoms with E-state index in [9.17, 15) is 5.11 Å². The Kier molecular flexibility index (Phi) is 2.74. The molecule has 92 valence electrons. The van der Waals surface area contributed by atoms with Crippen LogP contribution in [0.3, 0.4) is 0 Å². The van der Waals surface area contributed by atoms with Crippen LogP contribution in [0.2, 0.25) is 0 Å². The minimum Gasteiger partial charge on any atom is -0.390 e. The predicted molar refractivity (Wildman–Crippen MR) is 65.8 cm³/mol. The molecule has 1 heterocycles. The van der Waals surface area contributed by atoms with E-state index in [2.05, 4.69) is 14.9 Å². The lowest BCUT2D eigenvalue weighted by Gasteiger charge is -2.22. The molecule has 0 bridgehead atoms. The van der Waals surface area contributed by atoms with Gasteiger partial charge in [0.05, 0.1) is 12.3 Å². The number of aliphatic hydroxyl groups is 1. The molecule has 0 unspecified atom stereocenters. The summed E-state index contributed by atoms with van der Waals surface area (Å²) in [5.41, 5.74) is 1.68. The van der Waals surface area contributed by atoms with Crippen LogP contribution in [0.25, 0.3) is 0 Å². The summed E-state index contributed by atoms with van der Waals surface area (Å²) < 4.78 is 0. The minimum atomic E-state index is -0.00169. The Bertz CT molecular complexity index is 413. The highest BCUT2D eigenvalue weighted by Gasteiger charge is 2.35. The summed E-state index contributed by atoms with van der Waals surface area (Å²) in [6, 6.07) is 2.50. The number of anilines is 1. The van der Waals surface area contributed by atoms with Crippen molar-refractivity contribution in [1.29, 1.82) is 0 Å². The van der Waals surface area contributed by atoms with Gasteiger partial charge in [-0.2, -0.15) is 0 Å². The first-order valence-electron chi connectivity index (χ1n) is 6.48. The maximum Gasteiger partial charge on any atom is 0.226 e. The molecule has 2 fully saturated rings. The van der Waals surface area contributed by atoms with Crippen molar-refractivity contribution in [3.8, 4) is 0 Å². The lowest BCUT2D eigenvalue weighted by molar-refractivity contribution is 0.276. The molecule has 2 aliphatic rings. The van der Waals surface area contributed by atoms with Gasteiger partial charge in [-0.25, -0.2) is 9.97 Å². The Morgan fingerprint density at radius 2 is 2.06 bits per heavy atom. The zero-order chi connectivity index (χ0) is 11.8. The molecule has 1 aromatic heterocycles. The van der Waals surface area contributed by atoms with Crippen LogP contribution in [-0.2, 0) is 6.61 Å². The van der Waals surface area contributed by atoms with Crippen LogP contribution in [0.15, 0.2) is 6.07 Å². The molecule has 17 heavy (non-hydrogen) atoms. The van der Waals surface area contributed by atoms with Gasteiger partial charge in [-0.15, -0.1) is 0 Å². The maximum atomic E-state index is 9.21. The molecule has 3 rings (SSSR count). The van der Waals surface area contributed by atoms with E-state index in [4.69, 9.17) is 0 Å². The lowest BCUT2D eigenvalue weighted by Crippen LogP contribution is -2.30. The van der Waals surface area contributed by atoms with E-state index in [0.29, 0.717) is 6.04 Å². The molecule has 1 aromatic rings. The third-order valence-corrected chi connectivity index (χ3v) is 3.45. The predicted octanol–water partition coefficient (Wildman–Crippen LogP) is 1.66. The summed E-state index contributed by atoms with van der Waals surface area (Å²) in [6.07, 6.45) is 5.22. The molecular weight excluding hydrogens is 214 g/mol. The molecule has 0 aromatic carbocycles. The van der Waals surface area contributed by atoms with Gasteiger partial charge in [-0.05, 0) is 44.6 Å². The van der Waals surface area contributed by atoms with E-state index in [1.807, 2.05) is 13.0 Å². The number of hydrogen-bond donors (Lipinski definition) is 1.